The zero-order valence-corrected chi connectivity index (χ0v) is 14.1. The molecular formula is C17H23N5O2. The Kier molecular flexibility index (Phi) is 5.10. The van der Waals surface area contributed by atoms with E-state index in [1.165, 1.54) is 12.0 Å². The van der Waals surface area contributed by atoms with E-state index in [-0.39, 0.29) is 11.9 Å². The third-order valence-corrected chi connectivity index (χ3v) is 4.30. The number of carbonyl (C=O) groups excluding carboxylic acids is 1. The Morgan fingerprint density at radius 2 is 2.00 bits per heavy atom. The fourth-order valence-corrected chi connectivity index (χ4v) is 2.83. The first-order valence-electron chi connectivity index (χ1n) is 8.16. The molecule has 2 aromatic rings. The van der Waals surface area contributed by atoms with Crippen molar-refractivity contribution in [1.29, 1.82) is 0 Å². The molecule has 1 aliphatic heterocycles. The maximum atomic E-state index is 12.5. The monoisotopic (exact) mass is 329 g/mol. The van der Waals surface area contributed by atoms with Crippen LogP contribution in [0.3, 0.4) is 0 Å². The van der Waals surface area contributed by atoms with Crippen molar-refractivity contribution in [2.45, 2.75) is 19.5 Å². The van der Waals surface area contributed by atoms with Crippen LogP contribution in [0.1, 0.15) is 18.5 Å². The van der Waals surface area contributed by atoms with Crippen LogP contribution in [-0.2, 0) is 16.1 Å². The minimum Gasteiger partial charge on any atom is -0.378 e. The lowest BCUT2D eigenvalue weighted by molar-refractivity contribution is -0.133. The van der Waals surface area contributed by atoms with Gasteiger partial charge in [0.25, 0.3) is 0 Å². The number of carbonyl (C=O) groups is 1. The molecule has 1 aromatic heterocycles. The minimum atomic E-state index is -0.356. The van der Waals surface area contributed by atoms with Gasteiger partial charge in [0, 0.05) is 32.4 Å². The quantitative estimate of drug-likeness (QED) is 0.828. The van der Waals surface area contributed by atoms with E-state index >= 15 is 0 Å². The van der Waals surface area contributed by atoms with Crippen LogP contribution in [0, 0.1) is 0 Å². The van der Waals surface area contributed by atoms with Crippen LogP contribution in [0.2, 0.25) is 0 Å². The molecule has 1 amide bonds. The van der Waals surface area contributed by atoms with Crippen LogP contribution in [0.5, 0.6) is 0 Å². The molecular weight excluding hydrogens is 306 g/mol. The largest absolute Gasteiger partial charge is 0.378 e. The molecule has 1 atom stereocenters. The van der Waals surface area contributed by atoms with E-state index in [9.17, 15) is 4.79 Å². The van der Waals surface area contributed by atoms with E-state index in [0.717, 1.165) is 31.9 Å². The lowest BCUT2D eigenvalue weighted by Gasteiger charge is -2.29. The number of anilines is 1. The van der Waals surface area contributed by atoms with Crippen molar-refractivity contribution < 1.29 is 9.53 Å². The SMILES string of the molecule is CC(C(=O)N(C)Cc1ccc(N2CCOCC2)cc1)n1cncn1. The summed E-state index contributed by atoms with van der Waals surface area (Å²) in [7, 11) is 1.81. The van der Waals surface area contributed by atoms with Crippen molar-refractivity contribution in [3.8, 4) is 0 Å². The molecule has 7 nitrogen and oxygen atoms in total. The third kappa shape index (κ3) is 3.73. The van der Waals surface area contributed by atoms with Crippen molar-refractivity contribution in [3.63, 3.8) is 0 Å². The number of hydrogen-bond donors (Lipinski definition) is 0. The summed E-state index contributed by atoms with van der Waals surface area (Å²) in [4.78, 5) is 20.4. The third-order valence-electron chi connectivity index (χ3n) is 4.30. The number of likely N-dealkylation sites (N-methyl/N-ethyl adjacent to an activating group) is 1. The van der Waals surface area contributed by atoms with Gasteiger partial charge in [-0.1, -0.05) is 12.1 Å². The van der Waals surface area contributed by atoms with Gasteiger partial charge in [-0.2, -0.15) is 5.10 Å². The van der Waals surface area contributed by atoms with Crippen LogP contribution in [-0.4, -0.2) is 58.9 Å². The van der Waals surface area contributed by atoms with Crippen molar-refractivity contribution in [3.05, 3.63) is 42.5 Å². The van der Waals surface area contributed by atoms with Crippen LogP contribution < -0.4 is 4.90 Å². The highest BCUT2D eigenvalue weighted by molar-refractivity contribution is 5.79. The first-order chi connectivity index (χ1) is 11.6. The number of hydrogen-bond acceptors (Lipinski definition) is 5. The summed E-state index contributed by atoms with van der Waals surface area (Å²) < 4.78 is 6.95. The average molecular weight is 329 g/mol. The molecule has 1 aromatic carbocycles. The predicted molar refractivity (Wildman–Crippen MR) is 90.7 cm³/mol. The maximum Gasteiger partial charge on any atom is 0.247 e. The molecule has 0 radical (unpaired) electrons. The molecule has 7 heteroatoms. The second kappa shape index (κ2) is 7.44. The summed E-state index contributed by atoms with van der Waals surface area (Å²) in [6, 6.07) is 8.02. The second-order valence-electron chi connectivity index (χ2n) is 6.01. The zero-order chi connectivity index (χ0) is 16.9. The molecule has 0 aliphatic carbocycles. The Balaban J connectivity index is 1.59. The Morgan fingerprint density at radius 3 is 2.62 bits per heavy atom. The standard InChI is InChI=1S/C17H23N5O2/c1-14(22-13-18-12-19-22)17(23)20(2)11-15-3-5-16(6-4-15)21-7-9-24-10-8-21/h3-6,12-14H,7-11H2,1-2H3. The van der Waals surface area contributed by atoms with E-state index in [2.05, 4.69) is 39.2 Å². The zero-order valence-electron chi connectivity index (χ0n) is 14.1. The summed E-state index contributed by atoms with van der Waals surface area (Å²) in [5.41, 5.74) is 2.31. The normalized spacial score (nSPS) is 16.0. The maximum absolute atomic E-state index is 12.5. The fourth-order valence-electron chi connectivity index (χ4n) is 2.83. The predicted octanol–water partition coefficient (Wildman–Crippen LogP) is 1.33. The lowest BCUT2D eigenvalue weighted by atomic mass is 10.1. The molecule has 0 bridgehead atoms. The van der Waals surface area contributed by atoms with Crippen LogP contribution in [0.4, 0.5) is 5.69 Å². The Hall–Kier alpha value is -2.41. The van der Waals surface area contributed by atoms with Gasteiger partial charge >= 0.3 is 0 Å². The topological polar surface area (TPSA) is 63.5 Å². The number of benzene rings is 1. The number of aromatic nitrogens is 3. The van der Waals surface area contributed by atoms with Crippen molar-refractivity contribution >= 4 is 11.6 Å². The summed E-state index contributed by atoms with van der Waals surface area (Å²) in [5.74, 6) is 0.0118. The summed E-state index contributed by atoms with van der Waals surface area (Å²) in [6.07, 6.45) is 3.00. The van der Waals surface area contributed by atoms with Crippen molar-refractivity contribution in [2.24, 2.45) is 0 Å². The molecule has 128 valence electrons. The summed E-state index contributed by atoms with van der Waals surface area (Å²) in [5, 5.41) is 4.03. The van der Waals surface area contributed by atoms with E-state index in [1.54, 1.807) is 15.9 Å². The van der Waals surface area contributed by atoms with E-state index in [4.69, 9.17) is 4.74 Å². The molecule has 3 rings (SSSR count). The number of amides is 1. The van der Waals surface area contributed by atoms with Crippen LogP contribution in [0.15, 0.2) is 36.9 Å². The van der Waals surface area contributed by atoms with Gasteiger partial charge in [0.1, 0.15) is 18.7 Å². The summed E-state index contributed by atoms with van der Waals surface area (Å²) >= 11 is 0. The van der Waals surface area contributed by atoms with Gasteiger partial charge in [-0.25, -0.2) is 9.67 Å². The van der Waals surface area contributed by atoms with Gasteiger partial charge in [-0.3, -0.25) is 4.79 Å². The highest BCUT2D eigenvalue weighted by Crippen LogP contribution is 2.18. The van der Waals surface area contributed by atoms with Gasteiger partial charge in [-0.15, -0.1) is 0 Å². The molecule has 1 fully saturated rings. The van der Waals surface area contributed by atoms with Gasteiger partial charge in [-0.05, 0) is 24.6 Å². The first-order valence-corrected chi connectivity index (χ1v) is 8.16. The Bertz CT molecular complexity index is 650. The lowest BCUT2D eigenvalue weighted by Crippen LogP contribution is -2.36. The average Bonchev–Trinajstić information content (AvgIpc) is 3.16. The van der Waals surface area contributed by atoms with Crippen LogP contribution >= 0.6 is 0 Å². The molecule has 1 unspecified atom stereocenters. The van der Waals surface area contributed by atoms with E-state index in [1.807, 2.05) is 14.0 Å². The first kappa shape index (κ1) is 16.4. The highest BCUT2D eigenvalue weighted by atomic mass is 16.5. The number of morpholine rings is 1. The van der Waals surface area contributed by atoms with E-state index in [0.29, 0.717) is 6.54 Å². The molecule has 0 saturated carbocycles. The number of rotatable bonds is 5. The minimum absolute atomic E-state index is 0.0118. The molecule has 1 saturated heterocycles. The molecule has 0 N–H and O–H groups in total. The van der Waals surface area contributed by atoms with Gasteiger partial charge in [0.2, 0.25) is 5.91 Å². The highest BCUT2D eigenvalue weighted by Gasteiger charge is 2.20. The molecule has 2 heterocycles. The second-order valence-corrected chi connectivity index (χ2v) is 6.01. The smallest absolute Gasteiger partial charge is 0.247 e. The summed E-state index contributed by atoms with van der Waals surface area (Å²) in [6.45, 7) is 5.80. The Morgan fingerprint density at radius 1 is 1.29 bits per heavy atom. The fraction of sp³-hybridized carbons (Fsp3) is 0.471. The van der Waals surface area contributed by atoms with Crippen molar-refractivity contribution in [2.75, 3.05) is 38.3 Å². The molecule has 24 heavy (non-hydrogen) atoms. The van der Waals surface area contributed by atoms with E-state index < -0.39 is 0 Å². The van der Waals surface area contributed by atoms with Crippen molar-refractivity contribution in [1.82, 2.24) is 19.7 Å². The number of ether oxygens (including phenoxy) is 1. The Labute approximate surface area is 141 Å². The molecule has 1 aliphatic rings. The van der Waals surface area contributed by atoms with Crippen LogP contribution in [0.25, 0.3) is 0 Å². The number of nitrogens with zero attached hydrogens (tertiary/aromatic N) is 5. The van der Waals surface area contributed by atoms with Gasteiger partial charge < -0.3 is 14.5 Å². The van der Waals surface area contributed by atoms with Gasteiger partial charge in [0.15, 0.2) is 0 Å². The molecule has 0 spiro atoms. The van der Waals surface area contributed by atoms with Gasteiger partial charge in [0.05, 0.1) is 13.2 Å².